The van der Waals surface area contributed by atoms with Crippen LogP contribution in [0.1, 0.15) is 67.2 Å². The molecule has 0 nitrogen and oxygen atoms in total. The predicted octanol–water partition coefficient (Wildman–Crippen LogP) is 9.86. The Morgan fingerprint density at radius 3 is 1.97 bits per heavy atom. The maximum atomic E-state index is 15.1. The van der Waals surface area contributed by atoms with E-state index in [1.807, 2.05) is 30.3 Å². The Bertz CT molecular complexity index is 1090. The molecule has 0 saturated carbocycles. The van der Waals surface area contributed by atoms with Gasteiger partial charge < -0.3 is 0 Å². The van der Waals surface area contributed by atoms with Crippen LogP contribution in [0, 0.1) is 5.82 Å². The van der Waals surface area contributed by atoms with Gasteiger partial charge in [-0.1, -0.05) is 92.8 Å². The molecule has 5 heteroatoms. The summed E-state index contributed by atoms with van der Waals surface area (Å²) in [4.78, 5) is 0. The molecule has 0 spiro atoms. The first-order chi connectivity index (χ1) is 17.3. The van der Waals surface area contributed by atoms with Crippen molar-refractivity contribution in [2.75, 3.05) is 0 Å². The summed E-state index contributed by atoms with van der Waals surface area (Å²) in [5, 5.41) is 0. The molecule has 3 aromatic rings. The van der Waals surface area contributed by atoms with Crippen LogP contribution in [0.5, 0.6) is 0 Å². The minimum atomic E-state index is -4.31. The Morgan fingerprint density at radius 1 is 0.806 bits per heavy atom. The van der Waals surface area contributed by atoms with Gasteiger partial charge in [-0.3, -0.25) is 0 Å². The first-order valence-corrected chi connectivity index (χ1v) is 15.3. The second-order valence-corrected chi connectivity index (χ2v) is 13.1. The summed E-state index contributed by atoms with van der Waals surface area (Å²) in [5.41, 5.74) is 3.93. The van der Waals surface area contributed by atoms with Crippen molar-refractivity contribution in [2.24, 2.45) is 0 Å². The molecule has 1 radical (unpaired) electrons. The fourth-order valence-corrected chi connectivity index (χ4v) is 8.27. The van der Waals surface area contributed by atoms with Crippen LogP contribution in [0.4, 0.5) is 17.6 Å². The average molecular weight is 512 g/mol. The quantitative estimate of drug-likeness (QED) is 0.152. The smallest absolute Gasteiger partial charge is 0.206 e. The Kier molecular flexibility index (Phi) is 9.05. The van der Waals surface area contributed by atoms with Crippen LogP contribution in [-0.2, 0) is 19.0 Å². The van der Waals surface area contributed by atoms with E-state index in [1.165, 1.54) is 62.4 Å². The van der Waals surface area contributed by atoms with Crippen molar-refractivity contribution in [3.05, 3.63) is 94.8 Å². The predicted molar refractivity (Wildman–Crippen MR) is 142 cm³/mol. The zero-order valence-electron chi connectivity index (χ0n) is 21.0. The van der Waals surface area contributed by atoms with Gasteiger partial charge in [0.05, 0.1) is 5.56 Å². The third kappa shape index (κ3) is 7.09. The fourth-order valence-electron chi connectivity index (χ4n) is 5.25. The number of hydrogen-bond acceptors (Lipinski definition) is 0. The molecule has 0 aliphatic carbocycles. The largest absolute Gasteiger partial charge is 0.416 e. The van der Waals surface area contributed by atoms with Gasteiger partial charge in [0.2, 0.25) is 0 Å². The molecule has 0 aromatic heterocycles. The van der Waals surface area contributed by atoms with Gasteiger partial charge in [0.15, 0.2) is 0 Å². The summed E-state index contributed by atoms with van der Waals surface area (Å²) >= 11 is 0. The van der Waals surface area contributed by atoms with Gasteiger partial charge in [0, 0.05) is 14.4 Å². The first-order valence-electron chi connectivity index (χ1n) is 13.2. The van der Waals surface area contributed by atoms with Crippen molar-refractivity contribution in [1.82, 2.24) is 0 Å². The lowest BCUT2D eigenvalue weighted by molar-refractivity contribution is -0.137. The summed E-state index contributed by atoms with van der Waals surface area (Å²) in [6.45, 7) is 2.26. The van der Waals surface area contributed by atoms with Crippen molar-refractivity contribution in [3.8, 4) is 11.1 Å². The van der Waals surface area contributed by atoms with E-state index in [0.717, 1.165) is 40.8 Å². The molecular formula is C31H35F4Si. The highest BCUT2D eigenvalue weighted by molar-refractivity contribution is 6.59. The van der Waals surface area contributed by atoms with Crippen LogP contribution < -0.4 is 0 Å². The van der Waals surface area contributed by atoms with Crippen LogP contribution in [-0.4, -0.2) is 8.80 Å². The summed E-state index contributed by atoms with van der Waals surface area (Å²) in [6, 6.07) is 23.1. The lowest BCUT2D eigenvalue weighted by atomic mass is 9.91. The van der Waals surface area contributed by atoms with E-state index in [0.29, 0.717) is 17.9 Å². The number of rotatable bonds is 9. The van der Waals surface area contributed by atoms with Gasteiger partial charge in [0.1, 0.15) is 5.82 Å². The number of aryl methyl sites for hydroxylation is 2. The van der Waals surface area contributed by atoms with Crippen LogP contribution in [0.3, 0.4) is 0 Å². The molecule has 191 valence electrons. The van der Waals surface area contributed by atoms with Crippen molar-refractivity contribution in [1.29, 1.82) is 0 Å². The maximum absolute atomic E-state index is 15.1. The van der Waals surface area contributed by atoms with Gasteiger partial charge >= 0.3 is 6.18 Å². The molecular weight excluding hydrogens is 476 g/mol. The average Bonchev–Trinajstić information content (AvgIpc) is 2.88. The highest BCUT2D eigenvalue weighted by atomic mass is 28.3. The van der Waals surface area contributed by atoms with Gasteiger partial charge in [-0.05, 0) is 72.1 Å². The van der Waals surface area contributed by atoms with E-state index in [9.17, 15) is 13.2 Å². The topological polar surface area (TPSA) is 0 Å². The van der Waals surface area contributed by atoms with Crippen LogP contribution in [0.2, 0.25) is 18.1 Å². The fraction of sp³-hybridized carbons (Fsp3) is 0.419. The summed E-state index contributed by atoms with van der Waals surface area (Å²) in [7, 11) is -0.194. The number of halogens is 4. The molecule has 3 aromatic carbocycles. The minimum absolute atomic E-state index is 0.163. The molecule has 4 rings (SSSR count). The number of hydrogen-bond donors (Lipinski definition) is 0. The van der Waals surface area contributed by atoms with Gasteiger partial charge in [-0.25, -0.2) is 4.39 Å². The van der Waals surface area contributed by atoms with E-state index >= 15 is 4.39 Å². The SMILES string of the molecule is CCCCC[Si]1CCC(c2ccc(-c3ccc(CCc4ccc(C(F)(F)F)cc4)cc3)c(F)c2)CC1. The van der Waals surface area contributed by atoms with Crippen LogP contribution >= 0.6 is 0 Å². The van der Waals surface area contributed by atoms with E-state index in [4.69, 9.17) is 0 Å². The number of unbranched alkanes of at least 4 members (excludes halogenated alkanes) is 2. The standard InChI is InChI=1S/C31H35F4Si/c1-2-3-4-19-36-20-17-25(18-21-36)27-13-16-29(30(32)22-27)26-11-7-23(8-12-26)5-6-24-9-14-28(15-10-24)31(33,34)35/h7-16,22,25H,2-6,17-21H2,1H3. The summed E-state index contributed by atoms with van der Waals surface area (Å²) < 4.78 is 53.3. The van der Waals surface area contributed by atoms with E-state index in [-0.39, 0.29) is 14.6 Å². The second-order valence-electron chi connectivity index (χ2n) is 10.1. The molecule has 0 unspecified atom stereocenters. The van der Waals surface area contributed by atoms with Crippen molar-refractivity contribution in [2.45, 2.75) is 82.1 Å². The van der Waals surface area contributed by atoms with Crippen LogP contribution in [0.15, 0.2) is 66.7 Å². The maximum Gasteiger partial charge on any atom is 0.416 e. The van der Waals surface area contributed by atoms with Crippen molar-refractivity contribution < 1.29 is 17.6 Å². The van der Waals surface area contributed by atoms with Crippen molar-refractivity contribution in [3.63, 3.8) is 0 Å². The number of alkyl halides is 3. The molecule has 1 aliphatic rings. The highest BCUT2D eigenvalue weighted by Crippen LogP contribution is 2.37. The summed E-state index contributed by atoms with van der Waals surface area (Å²) in [6.07, 6.45) is 3.49. The van der Waals surface area contributed by atoms with Crippen LogP contribution in [0.25, 0.3) is 11.1 Å². The lowest BCUT2D eigenvalue weighted by Crippen LogP contribution is -2.20. The Balaban J connectivity index is 1.32. The number of benzene rings is 3. The third-order valence-corrected chi connectivity index (χ3v) is 10.6. The van der Waals surface area contributed by atoms with Gasteiger partial charge in [0.25, 0.3) is 0 Å². The molecule has 1 fully saturated rings. The zero-order chi connectivity index (χ0) is 25.5. The Labute approximate surface area is 214 Å². The lowest BCUT2D eigenvalue weighted by Gasteiger charge is -2.28. The molecule has 0 bridgehead atoms. The third-order valence-electron chi connectivity index (χ3n) is 7.54. The Hall–Kier alpha value is -2.40. The molecule has 1 saturated heterocycles. The second kappa shape index (κ2) is 12.2. The van der Waals surface area contributed by atoms with E-state index < -0.39 is 11.7 Å². The normalized spacial score (nSPS) is 15.4. The van der Waals surface area contributed by atoms with Crippen molar-refractivity contribution >= 4 is 8.80 Å². The van der Waals surface area contributed by atoms with Gasteiger partial charge in [-0.15, -0.1) is 0 Å². The summed E-state index contributed by atoms with van der Waals surface area (Å²) in [5.74, 6) is 0.324. The van der Waals surface area contributed by atoms with Gasteiger partial charge in [-0.2, -0.15) is 13.2 Å². The molecule has 36 heavy (non-hydrogen) atoms. The monoisotopic (exact) mass is 511 g/mol. The molecule has 1 aliphatic heterocycles. The first kappa shape index (κ1) is 26.7. The molecule has 0 atom stereocenters. The zero-order valence-corrected chi connectivity index (χ0v) is 22.0. The van der Waals surface area contributed by atoms with E-state index in [2.05, 4.69) is 13.0 Å². The minimum Gasteiger partial charge on any atom is -0.206 e. The molecule has 0 amide bonds. The Morgan fingerprint density at radius 2 is 1.42 bits per heavy atom. The highest BCUT2D eigenvalue weighted by Gasteiger charge is 2.30. The molecule has 1 heterocycles. The van der Waals surface area contributed by atoms with E-state index in [1.54, 1.807) is 6.07 Å². The molecule has 0 N–H and O–H groups in total.